The van der Waals surface area contributed by atoms with Crippen molar-refractivity contribution < 1.29 is 23.0 Å². The molecule has 0 bridgehead atoms. The maximum atomic E-state index is 13.5. The van der Waals surface area contributed by atoms with Crippen LogP contribution in [0.25, 0.3) is 28.1 Å². The van der Waals surface area contributed by atoms with Crippen LogP contribution in [0.3, 0.4) is 0 Å². The minimum absolute atomic E-state index is 0.0900. The summed E-state index contributed by atoms with van der Waals surface area (Å²) in [5.74, 6) is -0.460. The molecule has 0 aliphatic rings. The van der Waals surface area contributed by atoms with Gasteiger partial charge in [0.1, 0.15) is 17.9 Å². The topological polar surface area (TPSA) is 115 Å². The first kappa shape index (κ1) is 24.4. The van der Waals surface area contributed by atoms with Crippen molar-refractivity contribution in [3.05, 3.63) is 71.9 Å². The number of fused-ring (bicyclic) bond motifs is 1. The molecule has 9 nitrogen and oxygen atoms in total. The van der Waals surface area contributed by atoms with E-state index in [1.165, 1.54) is 6.20 Å². The number of alkyl halides is 3. The summed E-state index contributed by atoms with van der Waals surface area (Å²) in [7, 11) is 0. The number of aromatic nitrogens is 7. The fraction of sp³-hybridized carbons (Fsp3) is 0.240. The van der Waals surface area contributed by atoms with E-state index in [-0.39, 0.29) is 24.3 Å². The third-order valence-electron chi connectivity index (χ3n) is 5.95. The highest BCUT2D eigenvalue weighted by Crippen LogP contribution is 2.38. The number of aliphatic hydroxyl groups excluding tert-OH is 1. The van der Waals surface area contributed by atoms with Crippen LogP contribution in [0.5, 0.6) is 11.6 Å². The van der Waals surface area contributed by atoms with Crippen LogP contribution in [-0.4, -0.2) is 52.8 Å². The number of hydrogen-bond donors (Lipinski definition) is 2. The molecule has 0 radical (unpaired) electrons. The van der Waals surface area contributed by atoms with Gasteiger partial charge in [0.05, 0.1) is 40.2 Å². The van der Waals surface area contributed by atoms with Crippen molar-refractivity contribution in [2.45, 2.75) is 32.4 Å². The highest BCUT2D eigenvalue weighted by Gasteiger charge is 2.39. The van der Waals surface area contributed by atoms with Crippen molar-refractivity contribution in [3.63, 3.8) is 0 Å². The van der Waals surface area contributed by atoms with Crippen LogP contribution in [0.4, 0.5) is 13.2 Å². The molecule has 0 fully saturated rings. The van der Waals surface area contributed by atoms with Crippen LogP contribution in [0.1, 0.15) is 29.8 Å². The lowest BCUT2D eigenvalue weighted by Gasteiger charge is -2.17. The summed E-state index contributed by atoms with van der Waals surface area (Å²) in [6, 6.07) is 12.3. The molecule has 190 valence electrons. The van der Waals surface area contributed by atoms with E-state index in [1.54, 1.807) is 53.4 Å². The summed E-state index contributed by atoms with van der Waals surface area (Å²) < 4.78 is 47.9. The predicted octanol–water partition coefficient (Wildman–Crippen LogP) is 4.90. The van der Waals surface area contributed by atoms with E-state index in [9.17, 15) is 18.3 Å². The molecular formula is C25H22F3N7O2. The third-order valence-corrected chi connectivity index (χ3v) is 5.95. The normalized spacial score (nSPS) is 12.7. The fourth-order valence-electron chi connectivity index (χ4n) is 3.95. The summed E-state index contributed by atoms with van der Waals surface area (Å²) in [4.78, 5) is 9.13. The molecule has 4 heterocycles. The molecule has 0 unspecified atom stereocenters. The van der Waals surface area contributed by atoms with Crippen molar-refractivity contribution in [1.82, 2.24) is 34.9 Å². The number of rotatable bonds is 7. The largest absolute Gasteiger partial charge is 0.437 e. The van der Waals surface area contributed by atoms with E-state index < -0.39 is 12.1 Å². The zero-order valence-corrected chi connectivity index (χ0v) is 19.9. The van der Waals surface area contributed by atoms with E-state index in [0.29, 0.717) is 39.7 Å². The maximum Gasteiger partial charge on any atom is 0.396 e. The molecule has 0 amide bonds. The zero-order chi connectivity index (χ0) is 26.2. The zero-order valence-electron chi connectivity index (χ0n) is 19.9. The van der Waals surface area contributed by atoms with Gasteiger partial charge in [-0.05, 0) is 50.1 Å². The Bertz CT molecular complexity index is 1540. The Labute approximate surface area is 209 Å². The highest BCUT2D eigenvalue weighted by atomic mass is 19.4. The van der Waals surface area contributed by atoms with Crippen LogP contribution >= 0.6 is 0 Å². The number of aliphatic hydroxyl groups is 1. The van der Waals surface area contributed by atoms with E-state index in [2.05, 4.69) is 30.4 Å². The second kappa shape index (κ2) is 9.62. The Morgan fingerprint density at radius 3 is 2.68 bits per heavy atom. The number of nitrogens with one attached hydrogen (secondary N) is 1. The Balaban J connectivity index is 1.53. The predicted molar refractivity (Wildman–Crippen MR) is 129 cm³/mol. The van der Waals surface area contributed by atoms with Crippen molar-refractivity contribution in [3.8, 4) is 28.7 Å². The number of H-pyrrole nitrogens is 1. The lowest BCUT2D eigenvalue weighted by Crippen LogP contribution is -2.19. The second-order valence-electron chi connectivity index (χ2n) is 8.49. The van der Waals surface area contributed by atoms with E-state index >= 15 is 0 Å². The molecule has 1 atom stereocenters. The number of aryl methyl sites for hydroxylation is 1. The number of pyridine rings is 1. The first-order valence-corrected chi connectivity index (χ1v) is 11.4. The Morgan fingerprint density at radius 2 is 1.95 bits per heavy atom. The number of benzene rings is 1. The molecular weight excluding hydrogens is 487 g/mol. The average Bonchev–Trinajstić information content (AvgIpc) is 3.52. The summed E-state index contributed by atoms with van der Waals surface area (Å²) in [6.45, 7) is 2.71. The Hall–Kier alpha value is -4.32. The molecule has 0 aliphatic heterocycles. The molecule has 4 aromatic heterocycles. The summed E-state index contributed by atoms with van der Waals surface area (Å²) in [5.41, 5.74) is 3.16. The standard InChI is InChI=1S/C25H22F3N7O2/c1-14-3-8-22(33-32-14)37-17-5-6-20-19(11-17)29-13-35(20)21-7-4-16(9-10-36)24(31-21)18-12-30-34-23(18)15(2)25(26,27)28/h3-8,11-13,15,36H,9-10H2,1-2H3,(H,30,34)/t15-/m0/s1. The molecule has 0 aliphatic carbocycles. The van der Waals surface area contributed by atoms with Gasteiger partial charge in [-0.1, -0.05) is 6.07 Å². The molecule has 5 aromatic rings. The second-order valence-corrected chi connectivity index (χ2v) is 8.49. The van der Waals surface area contributed by atoms with Gasteiger partial charge in [0.15, 0.2) is 0 Å². The van der Waals surface area contributed by atoms with Gasteiger partial charge >= 0.3 is 6.18 Å². The van der Waals surface area contributed by atoms with Crippen LogP contribution in [0.15, 0.2) is 55.0 Å². The van der Waals surface area contributed by atoms with Crippen LogP contribution in [0.2, 0.25) is 0 Å². The number of halogens is 3. The number of imidazole rings is 1. The van der Waals surface area contributed by atoms with Gasteiger partial charge in [0.25, 0.3) is 0 Å². The maximum absolute atomic E-state index is 13.5. The van der Waals surface area contributed by atoms with Gasteiger partial charge in [0.2, 0.25) is 5.88 Å². The fourth-order valence-corrected chi connectivity index (χ4v) is 3.95. The molecule has 5 rings (SSSR count). The van der Waals surface area contributed by atoms with Gasteiger partial charge in [-0.3, -0.25) is 9.67 Å². The van der Waals surface area contributed by atoms with Crippen molar-refractivity contribution in [2.75, 3.05) is 6.61 Å². The lowest BCUT2D eigenvalue weighted by molar-refractivity contribution is -0.147. The van der Waals surface area contributed by atoms with Crippen LogP contribution in [0, 0.1) is 6.92 Å². The highest BCUT2D eigenvalue weighted by molar-refractivity contribution is 5.79. The molecule has 0 spiro atoms. The minimum atomic E-state index is -4.46. The molecule has 1 aromatic carbocycles. The van der Waals surface area contributed by atoms with Crippen molar-refractivity contribution >= 4 is 11.0 Å². The van der Waals surface area contributed by atoms with E-state index in [4.69, 9.17) is 4.74 Å². The Kier molecular flexibility index (Phi) is 6.34. The lowest BCUT2D eigenvalue weighted by atomic mass is 9.98. The van der Waals surface area contributed by atoms with Crippen LogP contribution in [-0.2, 0) is 6.42 Å². The molecule has 37 heavy (non-hydrogen) atoms. The number of aromatic amines is 1. The number of ether oxygens (including phenoxy) is 1. The molecule has 2 N–H and O–H groups in total. The van der Waals surface area contributed by atoms with Gasteiger partial charge in [-0.25, -0.2) is 9.97 Å². The van der Waals surface area contributed by atoms with Gasteiger partial charge in [-0.15, -0.1) is 5.10 Å². The average molecular weight is 509 g/mol. The SMILES string of the molecule is Cc1ccc(Oc2ccc3c(c2)ncn3-c2ccc(CCO)c(-c3cn[nH]c3[C@H](C)C(F)(F)F)n2)nn1. The molecule has 0 saturated heterocycles. The van der Waals surface area contributed by atoms with Gasteiger partial charge in [0, 0.05) is 24.3 Å². The Morgan fingerprint density at radius 1 is 1.11 bits per heavy atom. The number of nitrogens with zero attached hydrogens (tertiary/aromatic N) is 6. The minimum Gasteiger partial charge on any atom is -0.437 e. The number of hydrogen-bond acceptors (Lipinski definition) is 7. The van der Waals surface area contributed by atoms with E-state index in [0.717, 1.165) is 12.6 Å². The van der Waals surface area contributed by atoms with Crippen molar-refractivity contribution in [2.24, 2.45) is 0 Å². The summed E-state index contributed by atoms with van der Waals surface area (Å²) >= 11 is 0. The first-order chi connectivity index (χ1) is 17.7. The quantitative estimate of drug-likeness (QED) is 0.321. The van der Waals surface area contributed by atoms with Gasteiger partial charge in [-0.2, -0.15) is 23.4 Å². The summed E-state index contributed by atoms with van der Waals surface area (Å²) in [5, 5.41) is 23.8. The first-order valence-electron chi connectivity index (χ1n) is 11.4. The molecule has 12 heteroatoms. The third kappa shape index (κ3) is 4.87. The summed E-state index contributed by atoms with van der Waals surface area (Å²) in [6.07, 6.45) is -1.33. The monoisotopic (exact) mass is 509 g/mol. The van der Waals surface area contributed by atoms with Crippen molar-refractivity contribution in [1.29, 1.82) is 0 Å². The van der Waals surface area contributed by atoms with E-state index in [1.807, 2.05) is 6.92 Å². The smallest absolute Gasteiger partial charge is 0.396 e. The van der Waals surface area contributed by atoms with Gasteiger partial charge < -0.3 is 9.84 Å². The van der Waals surface area contributed by atoms with Crippen LogP contribution < -0.4 is 4.74 Å². The molecule has 0 saturated carbocycles.